The number of hydrogen-bond acceptors (Lipinski definition) is 5. The molecule has 114 valence electrons. The number of ether oxygens (including phenoxy) is 1. The molecular formula is C13H18N4O3S. The number of hydrogen-bond donors (Lipinski definition) is 3. The first-order valence-corrected chi connectivity index (χ1v) is 8.37. The van der Waals surface area contributed by atoms with Crippen molar-refractivity contribution >= 4 is 21.7 Å². The first-order valence-electron chi connectivity index (χ1n) is 6.93. The smallest absolute Gasteiger partial charge is 0.344 e. The van der Waals surface area contributed by atoms with E-state index in [1.807, 2.05) is 0 Å². The van der Waals surface area contributed by atoms with Gasteiger partial charge in [-0.2, -0.15) is 8.42 Å². The van der Waals surface area contributed by atoms with Crippen LogP contribution in [-0.2, 0) is 10.2 Å². The van der Waals surface area contributed by atoms with E-state index in [4.69, 9.17) is 10.5 Å². The second-order valence-electron chi connectivity index (χ2n) is 5.19. The maximum Gasteiger partial charge on any atom is 0.344 e. The van der Waals surface area contributed by atoms with E-state index in [0.29, 0.717) is 29.6 Å². The fraction of sp³-hybridized carbons (Fsp3) is 0.462. The van der Waals surface area contributed by atoms with E-state index in [-0.39, 0.29) is 5.84 Å². The molecule has 1 aromatic rings. The number of anilines is 1. The summed E-state index contributed by atoms with van der Waals surface area (Å²) in [7, 11) is -3.75. The van der Waals surface area contributed by atoms with Crippen LogP contribution in [0.4, 0.5) is 5.69 Å². The Morgan fingerprint density at radius 1 is 1.38 bits per heavy atom. The van der Waals surface area contributed by atoms with Gasteiger partial charge in [-0.25, -0.2) is 0 Å². The van der Waals surface area contributed by atoms with E-state index in [1.54, 1.807) is 18.2 Å². The third-order valence-corrected chi connectivity index (χ3v) is 4.51. The molecule has 2 aliphatic heterocycles. The van der Waals surface area contributed by atoms with Gasteiger partial charge >= 0.3 is 10.2 Å². The Balaban J connectivity index is 1.81. The van der Waals surface area contributed by atoms with Crippen LogP contribution in [0.5, 0.6) is 5.75 Å². The second-order valence-corrected chi connectivity index (χ2v) is 6.53. The van der Waals surface area contributed by atoms with Crippen molar-refractivity contribution in [3.8, 4) is 5.75 Å². The van der Waals surface area contributed by atoms with Gasteiger partial charge in [-0.1, -0.05) is 12.5 Å². The summed E-state index contributed by atoms with van der Waals surface area (Å²) in [6.45, 7) is 1.53. The number of nitrogens with two attached hydrogens (primary N) is 1. The Morgan fingerprint density at radius 2 is 2.24 bits per heavy atom. The van der Waals surface area contributed by atoms with E-state index >= 15 is 0 Å². The lowest BCUT2D eigenvalue weighted by Gasteiger charge is -2.25. The van der Waals surface area contributed by atoms with Gasteiger partial charge in [0.1, 0.15) is 12.4 Å². The van der Waals surface area contributed by atoms with Crippen LogP contribution < -0.4 is 20.5 Å². The molecule has 1 fully saturated rings. The monoisotopic (exact) mass is 310 g/mol. The summed E-state index contributed by atoms with van der Waals surface area (Å²) in [4.78, 5) is 0. The molecule has 21 heavy (non-hydrogen) atoms. The quantitative estimate of drug-likeness (QED) is 0.757. The van der Waals surface area contributed by atoms with Gasteiger partial charge in [-0.15, -0.1) is 4.40 Å². The number of benzene rings is 1. The van der Waals surface area contributed by atoms with Crippen molar-refractivity contribution in [3.05, 3.63) is 23.8 Å². The van der Waals surface area contributed by atoms with Gasteiger partial charge in [0.2, 0.25) is 0 Å². The Bertz CT molecular complexity index is 666. The first-order chi connectivity index (χ1) is 10.1. The minimum Gasteiger partial charge on any atom is -0.491 e. The standard InChI is InChI=1S/C13H18N4O3S/c14-13-12-10(16-21(18,19)17-13)5-3-6-11(12)20-8-9-4-1-2-7-15-9/h3,5-6,9,15-16H,1-2,4,7-8H2,(H2,14,17)/t9-/m1/s1. The molecule has 7 nitrogen and oxygen atoms in total. The maximum atomic E-state index is 11.5. The molecule has 2 aliphatic rings. The van der Waals surface area contributed by atoms with Crippen molar-refractivity contribution in [2.45, 2.75) is 25.3 Å². The normalized spacial score (nSPS) is 23.6. The van der Waals surface area contributed by atoms with Crippen LogP contribution in [0, 0.1) is 0 Å². The minimum absolute atomic E-state index is 0.0454. The molecule has 0 radical (unpaired) electrons. The lowest BCUT2D eigenvalue weighted by Crippen LogP contribution is -2.38. The molecule has 1 aromatic carbocycles. The van der Waals surface area contributed by atoms with E-state index < -0.39 is 10.2 Å². The van der Waals surface area contributed by atoms with Crippen molar-refractivity contribution in [2.24, 2.45) is 10.1 Å². The highest BCUT2D eigenvalue weighted by atomic mass is 32.2. The molecule has 0 aromatic heterocycles. The average Bonchev–Trinajstić information content (AvgIpc) is 2.44. The summed E-state index contributed by atoms with van der Waals surface area (Å²) in [6.07, 6.45) is 3.46. The fourth-order valence-electron chi connectivity index (χ4n) is 2.59. The summed E-state index contributed by atoms with van der Waals surface area (Å²) in [5, 5.41) is 3.40. The molecule has 1 atom stereocenters. The summed E-state index contributed by atoms with van der Waals surface area (Å²) in [5.41, 5.74) is 6.67. The SMILES string of the molecule is NC1=NS(=O)(=O)Nc2cccc(OC[C@H]3CCCCN3)c21. The largest absolute Gasteiger partial charge is 0.491 e. The minimum atomic E-state index is -3.75. The van der Waals surface area contributed by atoms with Crippen molar-refractivity contribution in [2.75, 3.05) is 17.9 Å². The third-order valence-electron chi connectivity index (χ3n) is 3.59. The molecule has 3 rings (SSSR count). The van der Waals surface area contributed by atoms with Crippen molar-refractivity contribution in [3.63, 3.8) is 0 Å². The Hall–Kier alpha value is -1.80. The highest BCUT2D eigenvalue weighted by Crippen LogP contribution is 2.30. The number of piperidine rings is 1. The van der Waals surface area contributed by atoms with Gasteiger partial charge in [0.05, 0.1) is 11.3 Å². The number of nitrogens with zero attached hydrogens (tertiary/aromatic N) is 1. The first kappa shape index (κ1) is 14.2. The second kappa shape index (κ2) is 5.53. The molecule has 2 heterocycles. The summed E-state index contributed by atoms with van der Waals surface area (Å²) < 4.78 is 34.7. The van der Waals surface area contributed by atoms with Crippen molar-refractivity contribution in [1.82, 2.24) is 5.32 Å². The number of amidine groups is 1. The van der Waals surface area contributed by atoms with Crippen LogP contribution in [0.15, 0.2) is 22.6 Å². The van der Waals surface area contributed by atoms with Crippen LogP contribution in [0.1, 0.15) is 24.8 Å². The van der Waals surface area contributed by atoms with Gasteiger partial charge in [0.25, 0.3) is 0 Å². The molecule has 0 spiro atoms. The summed E-state index contributed by atoms with van der Waals surface area (Å²) in [5.74, 6) is 0.500. The highest BCUT2D eigenvalue weighted by Gasteiger charge is 2.24. The zero-order valence-corrected chi connectivity index (χ0v) is 12.3. The molecule has 0 amide bonds. The molecular weight excluding hydrogens is 292 g/mol. The van der Waals surface area contributed by atoms with Gasteiger partial charge < -0.3 is 15.8 Å². The molecule has 0 unspecified atom stereocenters. The van der Waals surface area contributed by atoms with Gasteiger partial charge in [-0.05, 0) is 31.5 Å². The summed E-state index contributed by atoms with van der Waals surface area (Å²) in [6, 6.07) is 5.45. The summed E-state index contributed by atoms with van der Waals surface area (Å²) >= 11 is 0. The van der Waals surface area contributed by atoms with Gasteiger partial charge in [0, 0.05) is 6.04 Å². The number of fused-ring (bicyclic) bond motifs is 1. The van der Waals surface area contributed by atoms with Crippen molar-refractivity contribution < 1.29 is 13.2 Å². The van der Waals surface area contributed by atoms with Crippen LogP contribution in [0.2, 0.25) is 0 Å². The van der Waals surface area contributed by atoms with E-state index in [9.17, 15) is 8.42 Å². The predicted octanol–water partition coefficient (Wildman–Crippen LogP) is 0.583. The molecule has 8 heteroatoms. The predicted molar refractivity (Wildman–Crippen MR) is 80.8 cm³/mol. The average molecular weight is 310 g/mol. The third kappa shape index (κ3) is 3.11. The zero-order valence-electron chi connectivity index (χ0n) is 11.5. The highest BCUT2D eigenvalue weighted by molar-refractivity contribution is 7.91. The Morgan fingerprint density at radius 3 is 3.00 bits per heavy atom. The zero-order chi connectivity index (χ0) is 14.9. The topological polar surface area (TPSA) is 106 Å². The Labute approximate surface area is 123 Å². The fourth-order valence-corrected chi connectivity index (χ4v) is 3.44. The molecule has 0 saturated carbocycles. The van der Waals surface area contributed by atoms with Crippen LogP contribution >= 0.6 is 0 Å². The molecule has 0 aliphatic carbocycles. The van der Waals surface area contributed by atoms with Crippen molar-refractivity contribution in [1.29, 1.82) is 0 Å². The maximum absolute atomic E-state index is 11.5. The van der Waals surface area contributed by atoms with Crippen LogP contribution in [0.3, 0.4) is 0 Å². The van der Waals surface area contributed by atoms with E-state index in [1.165, 1.54) is 12.8 Å². The molecule has 0 bridgehead atoms. The van der Waals surface area contributed by atoms with Gasteiger partial charge in [-0.3, -0.25) is 4.72 Å². The number of rotatable bonds is 3. The lowest BCUT2D eigenvalue weighted by molar-refractivity contribution is 0.239. The molecule has 4 N–H and O–H groups in total. The van der Waals surface area contributed by atoms with Crippen LogP contribution in [-0.4, -0.2) is 33.4 Å². The van der Waals surface area contributed by atoms with E-state index in [2.05, 4.69) is 14.4 Å². The van der Waals surface area contributed by atoms with Crippen LogP contribution in [0.25, 0.3) is 0 Å². The molecule has 1 saturated heterocycles. The van der Waals surface area contributed by atoms with Gasteiger partial charge in [0.15, 0.2) is 5.84 Å². The Kier molecular flexibility index (Phi) is 3.73. The lowest BCUT2D eigenvalue weighted by atomic mass is 10.1. The number of nitrogens with one attached hydrogen (secondary N) is 2. The van der Waals surface area contributed by atoms with E-state index in [0.717, 1.165) is 13.0 Å².